The van der Waals surface area contributed by atoms with Gasteiger partial charge in [-0.3, -0.25) is 0 Å². The van der Waals surface area contributed by atoms with E-state index < -0.39 is 0 Å². The minimum atomic E-state index is 0. The molecule has 1 nitrogen and oxygen atoms in total. The van der Waals surface area contributed by atoms with Crippen molar-refractivity contribution in [3.8, 4) is 0 Å². The van der Waals surface area contributed by atoms with Crippen LogP contribution in [0.5, 0.6) is 0 Å². The van der Waals surface area contributed by atoms with Crippen LogP contribution in [0.25, 0.3) is 21.7 Å². The van der Waals surface area contributed by atoms with Gasteiger partial charge in [0.1, 0.15) is 6.54 Å². The van der Waals surface area contributed by atoms with E-state index in [4.69, 9.17) is 0 Å². The van der Waals surface area contributed by atoms with Crippen molar-refractivity contribution >= 4 is 21.7 Å². The molecule has 19 heavy (non-hydrogen) atoms. The number of hydrogen-bond donors (Lipinski definition) is 0. The standard InChI is InChI=1S/C17H18N.BrH/c1-2-3-12-18-13-14-8-4-5-9-15(14)16-10-6-7-11-17(16)18;/h4-11,13H,2-3,12H2,1H3;1H/q+1;/p-1. The van der Waals surface area contributed by atoms with Crippen molar-refractivity contribution in [2.45, 2.75) is 26.3 Å². The second-order valence-corrected chi connectivity index (χ2v) is 4.78. The number of para-hydroxylation sites is 1. The predicted octanol–water partition coefficient (Wildman–Crippen LogP) is 1.08. The normalized spacial score (nSPS) is 10.6. The van der Waals surface area contributed by atoms with E-state index in [9.17, 15) is 0 Å². The highest BCUT2D eigenvalue weighted by molar-refractivity contribution is 6.03. The number of rotatable bonds is 3. The van der Waals surface area contributed by atoms with E-state index in [2.05, 4.69) is 66.2 Å². The zero-order chi connectivity index (χ0) is 12.4. The molecule has 98 valence electrons. The number of benzene rings is 2. The Morgan fingerprint density at radius 3 is 2.37 bits per heavy atom. The molecule has 0 N–H and O–H groups in total. The van der Waals surface area contributed by atoms with Gasteiger partial charge in [-0.2, -0.15) is 4.57 Å². The average Bonchev–Trinajstić information content (AvgIpc) is 2.45. The third kappa shape index (κ3) is 2.64. The van der Waals surface area contributed by atoms with Crippen molar-refractivity contribution in [3.63, 3.8) is 0 Å². The van der Waals surface area contributed by atoms with Crippen LogP contribution in [-0.2, 0) is 6.54 Å². The number of hydrogen-bond acceptors (Lipinski definition) is 0. The Bertz CT molecular complexity index is 691. The van der Waals surface area contributed by atoms with Crippen LogP contribution in [0, 0.1) is 0 Å². The van der Waals surface area contributed by atoms with Gasteiger partial charge >= 0.3 is 0 Å². The fourth-order valence-electron chi connectivity index (χ4n) is 2.56. The molecule has 0 fully saturated rings. The first-order valence-electron chi connectivity index (χ1n) is 6.70. The van der Waals surface area contributed by atoms with Crippen LogP contribution < -0.4 is 21.5 Å². The molecule has 0 saturated heterocycles. The summed E-state index contributed by atoms with van der Waals surface area (Å²) in [6.07, 6.45) is 4.74. The summed E-state index contributed by atoms with van der Waals surface area (Å²) in [6.45, 7) is 3.34. The maximum atomic E-state index is 2.39. The molecule has 3 aromatic rings. The van der Waals surface area contributed by atoms with Crippen molar-refractivity contribution in [1.29, 1.82) is 0 Å². The van der Waals surface area contributed by atoms with Crippen LogP contribution in [0.3, 0.4) is 0 Å². The highest BCUT2D eigenvalue weighted by Gasteiger charge is 2.11. The van der Waals surface area contributed by atoms with Crippen molar-refractivity contribution in [3.05, 3.63) is 54.7 Å². The van der Waals surface area contributed by atoms with Gasteiger partial charge in [0.05, 0.1) is 5.39 Å². The molecule has 0 atom stereocenters. The van der Waals surface area contributed by atoms with Gasteiger partial charge in [0.15, 0.2) is 6.20 Å². The molecule has 2 heteroatoms. The summed E-state index contributed by atoms with van der Waals surface area (Å²) in [5.74, 6) is 0. The van der Waals surface area contributed by atoms with Crippen molar-refractivity contribution < 1.29 is 21.5 Å². The van der Waals surface area contributed by atoms with Gasteiger partial charge < -0.3 is 17.0 Å². The first-order valence-corrected chi connectivity index (χ1v) is 6.70. The summed E-state index contributed by atoms with van der Waals surface area (Å²) in [4.78, 5) is 0. The summed E-state index contributed by atoms with van der Waals surface area (Å²) >= 11 is 0. The summed E-state index contributed by atoms with van der Waals surface area (Å²) in [6, 6.07) is 17.3. The van der Waals surface area contributed by atoms with Gasteiger partial charge in [-0.1, -0.05) is 43.7 Å². The average molecular weight is 316 g/mol. The molecule has 1 aromatic heterocycles. The predicted molar refractivity (Wildman–Crippen MR) is 76.6 cm³/mol. The van der Waals surface area contributed by atoms with Gasteiger partial charge in [0, 0.05) is 23.3 Å². The van der Waals surface area contributed by atoms with Crippen LogP contribution in [0.15, 0.2) is 54.7 Å². The summed E-state index contributed by atoms with van der Waals surface area (Å²) in [5, 5.41) is 4.03. The third-order valence-electron chi connectivity index (χ3n) is 3.51. The lowest BCUT2D eigenvalue weighted by Crippen LogP contribution is -3.00. The molecular formula is C17H18BrN. The smallest absolute Gasteiger partial charge is 0.213 e. The molecule has 0 aliphatic heterocycles. The Balaban J connectivity index is 0.00000133. The van der Waals surface area contributed by atoms with Gasteiger partial charge in [-0.05, 0) is 12.1 Å². The molecule has 0 radical (unpaired) electrons. The molecule has 1 heterocycles. The van der Waals surface area contributed by atoms with Crippen LogP contribution in [0.1, 0.15) is 19.8 Å². The first kappa shape index (κ1) is 14.0. The van der Waals surface area contributed by atoms with E-state index in [1.165, 1.54) is 34.5 Å². The molecule has 0 spiro atoms. The largest absolute Gasteiger partial charge is 1.00 e. The highest BCUT2D eigenvalue weighted by atomic mass is 79.9. The van der Waals surface area contributed by atoms with Gasteiger partial charge in [0.2, 0.25) is 5.52 Å². The number of unbranched alkanes of at least 4 members (excludes halogenated alkanes) is 1. The van der Waals surface area contributed by atoms with Crippen molar-refractivity contribution in [2.75, 3.05) is 0 Å². The van der Waals surface area contributed by atoms with E-state index in [1.54, 1.807) is 0 Å². The van der Waals surface area contributed by atoms with Crippen molar-refractivity contribution in [1.82, 2.24) is 0 Å². The van der Waals surface area contributed by atoms with Crippen LogP contribution in [0.4, 0.5) is 0 Å². The first-order chi connectivity index (χ1) is 8.90. The maximum Gasteiger partial charge on any atom is 0.213 e. The minimum absolute atomic E-state index is 0. The lowest BCUT2D eigenvalue weighted by atomic mass is 10.1. The Kier molecular flexibility index (Phi) is 4.54. The number of nitrogens with zero attached hydrogens (tertiary/aromatic N) is 1. The summed E-state index contributed by atoms with van der Waals surface area (Å²) in [5.41, 5.74) is 1.34. The molecular weight excluding hydrogens is 298 g/mol. The Morgan fingerprint density at radius 2 is 1.58 bits per heavy atom. The maximum absolute atomic E-state index is 2.39. The van der Waals surface area contributed by atoms with Gasteiger partial charge in [-0.15, -0.1) is 0 Å². The number of fused-ring (bicyclic) bond motifs is 3. The molecule has 0 bridgehead atoms. The van der Waals surface area contributed by atoms with Gasteiger partial charge in [-0.25, -0.2) is 0 Å². The van der Waals surface area contributed by atoms with Crippen LogP contribution in [-0.4, -0.2) is 0 Å². The molecule has 3 rings (SSSR count). The van der Waals surface area contributed by atoms with E-state index in [0.717, 1.165) is 6.54 Å². The zero-order valence-corrected chi connectivity index (χ0v) is 12.7. The fourth-order valence-corrected chi connectivity index (χ4v) is 2.56. The van der Waals surface area contributed by atoms with E-state index in [1.807, 2.05) is 0 Å². The van der Waals surface area contributed by atoms with Gasteiger partial charge in [0.25, 0.3) is 0 Å². The van der Waals surface area contributed by atoms with Crippen LogP contribution in [0.2, 0.25) is 0 Å². The molecule has 2 aromatic carbocycles. The molecule has 0 saturated carbocycles. The molecule has 0 aliphatic carbocycles. The topological polar surface area (TPSA) is 3.88 Å². The SMILES string of the molecule is CCCC[n+]1cc2ccccc2c2ccccc21.[Br-]. The Morgan fingerprint density at radius 1 is 0.895 bits per heavy atom. The lowest BCUT2D eigenvalue weighted by molar-refractivity contribution is -0.670. The number of aryl methyl sites for hydroxylation is 1. The quantitative estimate of drug-likeness (QED) is 0.503. The summed E-state index contributed by atoms with van der Waals surface area (Å²) < 4.78 is 2.39. The van der Waals surface area contributed by atoms with E-state index >= 15 is 0 Å². The third-order valence-corrected chi connectivity index (χ3v) is 3.51. The number of aromatic nitrogens is 1. The van der Waals surface area contributed by atoms with E-state index in [0.29, 0.717) is 0 Å². The molecule has 0 unspecified atom stereocenters. The second kappa shape index (κ2) is 6.16. The second-order valence-electron chi connectivity index (χ2n) is 4.78. The zero-order valence-electron chi connectivity index (χ0n) is 11.1. The number of halogens is 1. The number of pyridine rings is 1. The monoisotopic (exact) mass is 315 g/mol. The minimum Gasteiger partial charge on any atom is -1.00 e. The molecule has 0 amide bonds. The van der Waals surface area contributed by atoms with Crippen molar-refractivity contribution in [2.24, 2.45) is 0 Å². The van der Waals surface area contributed by atoms with Crippen LogP contribution >= 0.6 is 0 Å². The highest BCUT2D eigenvalue weighted by Crippen LogP contribution is 2.21. The Labute approximate surface area is 124 Å². The Hall–Kier alpha value is -1.41. The lowest BCUT2D eigenvalue weighted by Gasteiger charge is -2.04. The summed E-state index contributed by atoms with van der Waals surface area (Å²) in [7, 11) is 0. The van der Waals surface area contributed by atoms with E-state index in [-0.39, 0.29) is 17.0 Å². The fraction of sp³-hybridized carbons (Fsp3) is 0.235. The molecule has 0 aliphatic rings.